The van der Waals surface area contributed by atoms with Crippen molar-refractivity contribution in [3.63, 3.8) is 0 Å². The van der Waals surface area contributed by atoms with Crippen LogP contribution >= 0.6 is 0 Å². The largest absolute Gasteiger partial charge is 0.496 e. The highest BCUT2D eigenvalue weighted by Gasteiger charge is 2.40. The van der Waals surface area contributed by atoms with E-state index in [9.17, 15) is 9.59 Å². The molecule has 0 bridgehead atoms. The second-order valence-corrected chi connectivity index (χ2v) is 10.8. The third kappa shape index (κ3) is 7.31. The van der Waals surface area contributed by atoms with E-state index in [1.54, 1.807) is 14.2 Å². The van der Waals surface area contributed by atoms with E-state index in [-0.39, 0.29) is 29.2 Å². The van der Waals surface area contributed by atoms with Crippen LogP contribution in [-0.2, 0) is 26.4 Å². The van der Waals surface area contributed by atoms with E-state index in [1.807, 2.05) is 37.3 Å². The van der Waals surface area contributed by atoms with Gasteiger partial charge in [0.2, 0.25) is 11.8 Å². The molecule has 2 atom stereocenters. The second kappa shape index (κ2) is 13.8. The van der Waals surface area contributed by atoms with Crippen LogP contribution in [0.15, 0.2) is 42.5 Å². The van der Waals surface area contributed by atoms with Crippen LogP contribution < -0.4 is 25.4 Å². The van der Waals surface area contributed by atoms with Gasteiger partial charge in [0.25, 0.3) is 0 Å². The van der Waals surface area contributed by atoms with Crippen LogP contribution in [0.3, 0.4) is 0 Å². The van der Waals surface area contributed by atoms with Crippen molar-refractivity contribution >= 4 is 11.8 Å². The van der Waals surface area contributed by atoms with Crippen molar-refractivity contribution in [3.05, 3.63) is 59.2 Å². The Balaban J connectivity index is 1.35. The van der Waals surface area contributed by atoms with Crippen LogP contribution in [0, 0.1) is 18.8 Å². The Morgan fingerprint density at radius 2 is 1.67 bits per heavy atom. The molecule has 3 N–H and O–H groups in total. The van der Waals surface area contributed by atoms with Gasteiger partial charge in [-0.2, -0.15) is 0 Å². The number of methoxy groups -OCH3 is 2. The van der Waals surface area contributed by atoms with Crippen molar-refractivity contribution in [3.8, 4) is 11.5 Å². The molecule has 8 nitrogen and oxygen atoms in total. The zero-order chi connectivity index (χ0) is 27.7. The molecular formula is C31H43N3O5. The third-order valence-electron chi connectivity index (χ3n) is 8.05. The van der Waals surface area contributed by atoms with Gasteiger partial charge in [0.15, 0.2) is 0 Å². The molecule has 212 valence electrons. The molecule has 2 aromatic carbocycles. The molecule has 0 radical (unpaired) electrons. The minimum atomic E-state index is -0.304. The van der Waals surface area contributed by atoms with E-state index in [0.717, 1.165) is 54.7 Å². The summed E-state index contributed by atoms with van der Waals surface area (Å²) in [6, 6.07) is 14.2. The summed E-state index contributed by atoms with van der Waals surface area (Å²) >= 11 is 0. The third-order valence-corrected chi connectivity index (χ3v) is 8.05. The minimum absolute atomic E-state index is 0.0317. The molecule has 8 heteroatoms. The molecule has 1 heterocycles. The molecule has 0 aromatic heterocycles. The second-order valence-electron chi connectivity index (χ2n) is 10.8. The summed E-state index contributed by atoms with van der Waals surface area (Å²) < 4.78 is 16.6. The fraction of sp³-hybridized carbons (Fsp3) is 0.548. The number of amides is 2. The molecule has 39 heavy (non-hydrogen) atoms. The SMILES string of the molecule is COCCCOc1cc(CNC(=O)C2CNCC(C(=O)NC3(c4ccccc4)CCCC3)C2)cc(OC)c1C. The predicted molar refractivity (Wildman–Crippen MR) is 151 cm³/mol. The van der Waals surface area contributed by atoms with Gasteiger partial charge < -0.3 is 30.2 Å². The quantitative estimate of drug-likeness (QED) is 0.356. The Morgan fingerprint density at radius 3 is 2.36 bits per heavy atom. The molecule has 2 aliphatic rings. The van der Waals surface area contributed by atoms with Gasteiger partial charge in [-0.15, -0.1) is 0 Å². The number of carbonyl (C=O) groups is 2. The zero-order valence-electron chi connectivity index (χ0n) is 23.5. The fourth-order valence-electron chi connectivity index (χ4n) is 5.80. The summed E-state index contributed by atoms with van der Waals surface area (Å²) in [7, 11) is 3.30. The summed E-state index contributed by atoms with van der Waals surface area (Å²) in [6.07, 6.45) is 5.42. The van der Waals surface area contributed by atoms with Gasteiger partial charge >= 0.3 is 0 Å². The maximum absolute atomic E-state index is 13.4. The molecule has 1 saturated heterocycles. The van der Waals surface area contributed by atoms with Crippen molar-refractivity contribution in [2.75, 3.05) is 40.5 Å². The van der Waals surface area contributed by atoms with E-state index in [4.69, 9.17) is 14.2 Å². The number of benzene rings is 2. The van der Waals surface area contributed by atoms with Crippen molar-refractivity contribution in [1.29, 1.82) is 0 Å². The Kier molecular flexibility index (Phi) is 10.2. The number of rotatable bonds is 12. The summed E-state index contributed by atoms with van der Waals surface area (Å²) in [5.74, 6) is 0.916. The number of carbonyl (C=O) groups excluding carboxylic acids is 2. The first-order valence-corrected chi connectivity index (χ1v) is 14.1. The van der Waals surface area contributed by atoms with Gasteiger partial charge in [-0.3, -0.25) is 9.59 Å². The van der Waals surface area contributed by atoms with E-state index < -0.39 is 0 Å². The molecule has 1 saturated carbocycles. The fourth-order valence-corrected chi connectivity index (χ4v) is 5.80. The van der Waals surface area contributed by atoms with E-state index in [1.165, 1.54) is 5.56 Å². The van der Waals surface area contributed by atoms with Crippen molar-refractivity contribution < 1.29 is 23.8 Å². The lowest BCUT2D eigenvalue weighted by Gasteiger charge is -2.35. The number of piperidine rings is 1. The first-order chi connectivity index (χ1) is 19.0. The highest BCUT2D eigenvalue weighted by atomic mass is 16.5. The summed E-state index contributed by atoms with van der Waals surface area (Å²) in [5.41, 5.74) is 2.69. The van der Waals surface area contributed by atoms with Gasteiger partial charge in [0.05, 0.1) is 31.1 Å². The normalized spacial score (nSPS) is 20.3. The maximum Gasteiger partial charge on any atom is 0.225 e. The van der Waals surface area contributed by atoms with Crippen LogP contribution in [0.2, 0.25) is 0 Å². The van der Waals surface area contributed by atoms with Crippen LogP contribution in [0.1, 0.15) is 55.2 Å². The highest BCUT2D eigenvalue weighted by Crippen LogP contribution is 2.39. The van der Waals surface area contributed by atoms with Crippen LogP contribution in [0.25, 0.3) is 0 Å². The first kappa shape index (κ1) is 28.9. The predicted octanol–water partition coefficient (Wildman–Crippen LogP) is 3.85. The number of hydrogen-bond acceptors (Lipinski definition) is 6. The van der Waals surface area contributed by atoms with E-state index in [0.29, 0.717) is 39.3 Å². The number of nitrogens with one attached hydrogen (secondary N) is 3. The van der Waals surface area contributed by atoms with E-state index >= 15 is 0 Å². The van der Waals surface area contributed by atoms with Crippen LogP contribution in [0.4, 0.5) is 0 Å². The van der Waals surface area contributed by atoms with Crippen molar-refractivity contribution in [2.45, 2.75) is 57.5 Å². The van der Waals surface area contributed by atoms with E-state index in [2.05, 4.69) is 28.1 Å². The minimum Gasteiger partial charge on any atom is -0.496 e. The summed E-state index contributed by atoms with van der Waals surface area (Å²) in [6.45, 7) is 4.63. The van der Waals surface area contributed by atoms with Crippen LogP contribution in [-0.4, -0.2) is 52.3 Å². The topological polar surface area (TPSA) is 97.9 Å². The lowest BCUT2D eigenvalue weighted by Crippen LogP contribution is -2.52. The van der Waals surface area contributed by atoms with Crippen molar-refractivity contribution in [2.24, 2.45) is 11.8 Å². The zero-order valence-corrected chi connectivity index (χ0v) is 23.5. The molecular weight excluding hydrogens is 494 g/mol. The Bertz CT molecular complexity index is 1100. The molecule has 2 unspecified atom stereocenters. The molecule has 1 aliphatic heterocycles. The Hall–Kier alpha value is -3.10. The lowest BCUT2D eigenvalue weighted by atomic mass is 9.85. The summed E-state index contributed by atoms with van der Waals surface area (Å²) in [5, 5.41) is 9.78. The van der Waals surface area contributed by atoms with Gasteiger partial charge in [-0.05, 0) is 49.4 Å². The van der Waals surface area contributed by atoms with Gasteiger partial charge in [0.1, 0.15) is 11.5 Å². The Labute approximate surface area is 232 Å². The maximum atomic E-state index is 13.4. The number of ether oxygens (including phenoxy) is 3. The average molecular weight is 538 g/mol. The molecule has 2 amide bonds. The Morgan fingerprint density at radius 1 is 0.974 bits per heavy atom. The lowest BCUT2D eigenvalue weighted by molar-refractivity contribution is -0.130. The molecule has 2 fully saturated rings. The first-order valence-electron chi connectivity index (χ1n) is 14.1. The monoisotopic (exact) mass is 537 g/mol. The molecule has 2 aromatic rings. The van der Waals surface area contributed by atoms with Gasteiger partial charge in [-0.1, -0.05) is 43.2 Å². The van der Waals surface area contributed by atoms with Crippen molar-refractivity contribution in [1.82, 2.24) is 16.0 Å². The van der Waals surface area contributed by atoms with Gasteiger partial charge in [0, 0.05) is 45.3 Å². The summed E-state index contributed by atoms with van der Waals surface area (Å²) in [4.78, 5) is 26.6. The molecule has 1 aliphatic carbocycles. The molecule has 0 spiro atoms. The smallest absolute Gasteiger partial charge is 0.225 e. The highest BCUT2D eigenvalue weighted by molar-refractivity contribution is 5.83. The molecule has 4 rings (SSSR count). The van der Waals surface area contributed by atoms with Gasteiger partial charge in [-0.25, -0.2) is 0 Å². The van der Waals surface area contributed by atoms with Crippen LogP contribution in [0.5, 0.6) is 11.5 Å². The standard InChI is InChI=1S/C31H43N3O5/c1-22-27(38-3)16-23(17-28(22)39-15-9-14-37-2)19-33-29(35)24-18-25(21-32-20-24)30(36)34-31(12-7-8-13-31)26-10-5-4-6-11-26/h4-6,10-11,16-17,24-25,32H,7-9,12-15,18-21H2,1-3H3,(H,33,35)(H,34,36). The average Bonchev–Trinajstić information content (AvgIpc) is 3.45. The number of hydrogen-bond donors (Lipinski definition) is 3.